The number of hydrogen-bond donors (Lipinski definition) is 0. The number of hydrogen-bond acceptors (Lipinski definition) is 2. The molecule has 0 spiro atoms. The summed E-state index contributed by atoms with van der Waals surface area (Å²) >= 11 is 0. The number of nitrogens with zero attached hydrogens (tertiary/aromatic N) is 1. The van der Waals surface area contributed by atoms with Crippen molar-refractivity contribution in [2.24, 2.45) is 11.3 Å². The number of unbranched alkanes of at least 4 members (excludes halogenated alkanes) is 1. The lowest BCUT2D eigenvalue weighted by Gasteiger charge is -2.41. The van der Waals surface area contributed by atoms with Crippen LogP contribution in [0.2, 0.25) is 0 Å². The molecule has 0 bridgehead atoms. The number of ether oxygens (including phenoxy) is 1. The molecular formula is C27H39NO2. The van der Waals surface area contributed by atoms with Crippen molar-refractivity contribution < 1.29 is 9.53 Å². The van der Waals surface area contributed by atoms with Crippen molar-refractivity contribution in [2.45, 2.75) is 85.5 Å². The minimum absolute atomic E-state index is 0.00493. The molecule has 0 aliphatic carbocycles. The number of carbonyl (C=O) groups is 1. The van der Waals surface area contributed by atoms with E-state index in [4.69, 9.17) is 4.74 Å². The third-order valence-corrected chi connectivity index (χ3v) is 7.59. The molecule has 0 fully saturated rings. The first kappa shape index (κ1) is 22.7. The molecule has 3 heteroatoms. The van der Waals surface area contributed by atoms with E-state index in [1.807, 2.05) is 0 Å². The van der Waals surface area contributed by atoms with Gasteiger partial charge in [-0.15, -0.1) is 0 Å². The van der Waals surface area contributed by atoms with E-state index in [2.05, 4.69) is 69.5 Å². The van der Waals surface area contributed by atoms with E-state index in [0.717, 1.165) is 24.8 Å². The zero-order valence-electron chi connectivity index (χ0n) is 19.8. The van der Waals surface area contributed by atoms with Gasteiger partial charge in [0, 0.05) is 17.0 Å². The Balaban J connectivity index is 2.27. The summed E-state index contributed by atoms with van der Waals surface area (Å²) in [4.78, 5) is 13.0. The Bertz CT molecular complexity index is 922. The SMILES string of the molecule is CCCC[C@@]1(CC)C=C(C(=O)OC)n2c(c(CCC(C)CC)c3ccccc32)[C@H]1C. The van der Waals surface area contributed by atoms with Crippen LogP contribution < -0.4 is 0 Å². The van der Waals surface area contributed by atoms with E-state index in [0.29, 0.717) is 17.5 Å². The molecule has 0 saturated heterocycles. The number of benzene rings is 1. The minimum Gasteiger partial charge on any atom is -0.464 e. The molecule has 1 aromatic heterocycles. The number of esters is 1. The van der Waals surface area contributed by atoms with Gasteiger partial charge in [0.15, 0.2) is 0 Å². The minimum atomic E-state index is -0.230. The first-order valence-corrected chi connectivity index (χ1v) is 11.9. The summed E-state index contributed by atoms with van der Waals surface area (Å²) in [5.74, 6) is 0.832. The van der Waals surface area contributed by atoms with Crippen molar-refractivity contribution in [1.82, 2.24) is 4.57 Å². The van der Waals surface area contributed by atoms with Crippen LogP contribution in [0.25, 0.3) is 16.6 Å². The van der Waals surface area contributed by atoms with Gasteiger partial charge < -0.3 is 9.30 Å². The Labute approximate surface area is 182 Å². The van der Waals surface area contributed by atoms with Gasteiger partial charge in [0.25, 0.3) is 0 Å². The molecule has 1 aliphatic rings. The Morgan fingerprint density at radius 2 is 1.97 bits per heavy atom. The van der Waals surface area contributed by atoms with Crippen LogP contribution in [-0.2, 0) is 16.0 Å². The van der Waals surface area contributed by atoms with Crippen LogP contribution in [0.4, 0.5) is 0 Å². The number of carbonyl (C=O) groups excluding carboxylic acids is 1. The molecule has 3 nitrogen and oxygen atoms in total. The van der Waals surface area contributed by atoms with Gasteiger partial charge in [-0.2, -0.15) is 0 Å². The molecular weight excluding hydrogens is 370 g/mol. The van der Waals surface area contributed by atoms with Crippen molar-refractivity contribution in [2.75, 3.05) is 7.11 Å². The summed E-state index contributed by atoms with van der Waals surface area (Å²) in [5, 5.41) is 1.29. The second kappa shape index (κ2) is 9.41. The first-order valence-electron chi connectivity index (χ1n) is 11.9. The average Bonchev–Trinajstić information content (AvgIpc) is 3.11. The third-order valence-electron chi connectivity index (χ3n) is 7.59. The lowest BCUT2D eigenvalue weighted by molar-refractivity contribution is -0.134. The Kier molecular flexibility index (Phi) is 7.10. The molecule has 1 aromatic carbocycles. The zero-order chi connectivity index (χ0) is 21.9. The standard InChI is InChI=1S/C27H39NO2/c1-7-10-17-27(9-3)18-24(26(29)30-6)28-23-14-12-11-13-21(23)22(25(28)20(27)5)16-15-19(4)8-2/h11-14,18-20H,7-10,15-17H2,1-6H3/t19?,20-,27+/m1/s1. The fraction of sp³-hybridized carbons (Fsp3) is 0.593. The third kappa shape index (κ3) is 3.84. The zero-order valence-corrected chi connectivity index (χ0v) is 19.8. The van der Waals surface area contributed by atoms with Gasteiger partial charge in [0.1, 0.15) is 5.70 Å². The van der Waals surface area contributed by atoms with Crippen LogP contribution in [-0.4, -0.2) is 17.6 Å². The number of para-hydroxylation sites is 1. The summed E-state index contributed by atoms with van der Waals surface area (Å²) in [6.45, 7) is 11.5. The lowest BCUT2D eigenvalue weighted by atomic mass is 9.66. The number of aromatic nitrogens is 1. The van der Waals surface area contributed by atoms with Crippen LogP contribution in [0.5, 0.6) is 0 Å². The fourth-order valence-corrected chi connectivity index (χ4v) is 5.27. The van der Waals surface area contributed by atoms with E-state index >= 15 is 0 Å². The van der Waals surface area contributed by atoms with Crippen LogP contribution >= 0.6 is 0 Å². The molecule has 0 amide bonds. The molecule has 164 valence electrons. The second-order valence-electron chi connectivity index (χ2n) is 9.20. The number of allylic oxidation sites excluding steroid dienone is 1. The fourth-order valence-electron chi connectivity index (χ4n) is 5.27. The molecule has 0 saturated carbocycles. The highest BCUT2D eigenvalue weighted by molar-refractivity contribution is 6.13. The Morgan fingerprint density at radius 3 is 2.60 bits per heavy atom. The lowest BCUT2D eigenvalue weighted by Crippen LogP contribution is -2.33. The quantitative estimate of drug-likeness (QED) is 0.406. The molecule has 1 aliphatic heterocycles. The molecule has 1 unspecified atom stereocenters. The first-order chi connectivity index (χ1) is 14.4. The molecule has 2 aromatic rings. The van der Waals surface area contributed by atoms with Gasteiger partial charge in [-0.3, -0.25) is 0 Å². The predicted molar refractivity (Wildman–Crippen MR) is 127 cm³/mol. The molecule has 0 radical (unpaired) electrons. The van der Waals surface area contributed by atoms with E-state index < -0.39 is 0 Å². The molecule has 3 rings (SSSR count). The summed E-state index contributed by atoms with van der Waals surface area (Å²) in [6, 6.07) is 8.58. The maximum atomic E-state index is 13.0. The van der Waals surface area contributed by atoms with E-state index in [9.17, 15) is 4.79 Å². The summed E-state index contributed by atoms with van der Waals surface area (Å²) in [6.07, 6.45) is 10.2. The Morgan fingerprint density at radius 1 is 1.23 bits per heavy atom. The highest BCUT2D eigenvalue weighted by atomic mass is 16.5. The molecule has 2 heterocycles. The van der Waals surface area contributed by atoms with Crippen LogP contribution in [0.3, 0.4) is 0 Å². The summed E-state index contributed by atoms with van der Waals surface area (Å²) in [7, 11) is 1.50. The van der Waals surface area contributed by atoms with Gasteiger partial charge in [-0.1, -0.05) is 72.1 Å². The van der Waals surface area contributed by atoms with Gasteiger partial charge in [-0.05, 0) is 54.7 Å². The number of rotatable bonds is 9. The highest BCUT2D eigenvalue weighted by Crippen LogP contribution is 2.52. The van der Waals surface area contributed by atoms with Gasteiger partial charge in [0.2, 0.25) is 0 Å². The van der Waals surface area contributed by atoms with E-state index in [1.54, 1.807) is 0 Å². The number of methoxy groups -OCH3 is 1. The second-order valence-corrected chi connectivity index (χ2v) is 9.20. The van der Waals surface area contributed by atoms with Gasteiger partial charge in [-0.25, -0.2) is 4.79 Å². The maximum absolute atomic E-state index is 13.0. The normalized spacial score (nSPS) is 21.9. The van der Waals surface area contributed by atoms with Crippen LogP contribution in [0.1, 0.15) is 90.3 Å². The van der Waals surface area contributed by atoms with Gasteiger partial charge in [0.05, 0.1) is 12.6 Å². The van der Waals surface area contributed by atoms with Crippen molar-refractivity contribution in [1.29, 1.82) is 0 Å². The number of aryl methyl sites for hydroxylation is 1. The smallest absolute Gasteiger partial charge is 0.354 e. The molecule has 0 N–H and O–H groups in total. The summed E-state index contributed by atoms with van der Waals surface area (Å²) in [5.41, 5.74) is 4.60. The largest absolute Gasteiger partial charge is 0.464 e. The van der Waals surface area contributed by atoms with Crippen molar-refractivity contribution in [3.05, 3.63) is 41.6 Å². The maximum Gasteiger partial charge on any atom is 0.354 e. The average molecular weight is 410 g/mol. The summed E-state index contributed by atoms with van der Waals surface area (Å²) < 4.78 is 7.49. The van der Waals surface area contributed by atoms with Gasteiger partial charge >= 0.3 is 5.97 Å². The van der Waals surface area contributed by atoms with Crippen LogP contribution in [0, 0.1) is 11.3 Å². The number of fused-ring (bicyclic) bond motifs is 3. The van der Waals surface area contributed by atoms with Crippen molar-refractivity contribution in [3.8, 4) is 0 Å². The van der Waals surface area contributed by atoms with Crippen molar-refractivity contribution >= 4 is 22.6 Å². The molecule has 3 atom stereocenters. The predicted octanol–water partition coefficient (Wildman–Crippen LogP) is 7.34. The van der Waals surface area contributed by atoms with E-state index in [-0.39, 0.29) is 11.4 Å². The monoisotopic (exact) mass is 409 g/mol. The van der Waals surface area contributed by atoms with Crippen molar-refractivity contribution in [3.63, 3.8) is 0 Å². The van der Waals surface area contributed by atoms with E-state index in [1.165, 1.54) is 49.4 Å². The molecule has 30 heavy (non-hydrogen) atoms. The highest BCUT2D eigenvalue weighted by Gasteiger charge is 2.42. The topological polar surface area (TPSA) is 31.2 Å². The Hall–Kier alpha value is -2.03. The van der Waals surface area contributed by atoms with Crippen LogP contribution in [0.15, 0.2) is 30.3 Å².